The molecule has 1 N–H and O–H groups in total. The normalized spacial score (nSPS) is 23.6. The van der Waals surface area contributed by atoms with Crippen LogP contribution in [0.5, 0.6) is 0 Å². The molecule has 1 aliphatic heterocycles. The van der Waals surface area contributed by atoms with Crippen LogP contribution in [0.4, 0.5) is 0 Å². The van der Waals surface area contributed by atoms with Gasteiger partial charge in [0.15, 0.2) is 0 Å². The number of sulfone groups is 1. The zero-order valence-electron chi connectivity index (χ0n) is 7.95. The quantitative estimate of drug-likeness (QED) is 0.684. The van der Waals surface area contributed by atoms with E-state index in [1.54, 1.807) is 11.8 Å². The van der Waals surface area contributed by atoms with Crippen molar-refractivity contribution in [3.63, 3.8) is 0 Å². The summed E-state index contributed by atoms with van der Waals surface area (Å²) in [5.74, 6) is 2.92. The molecule has 1 fully saturated rings. The zero-order chi connectivity index (χ0) is 9.73. The minimum Gasteiger partial charge on any atom is -0.316 e. The Labute approximate surface area is 84.6 Å². The molecule has 5 heteroatoms. The third kappa shape index (κ3) is 5.54. The van der Waals surface area contributed by atoms with Crippen LogP contribution < -0.4 is 5.32 Å². The molecule has 3 nitrogen and oxygen atoms in total. The van der Waals surface area contributed by atoms with Crippen molar-refractivity contribution in [2.24, 2.45) is 5.92 Å². The summed E-state index contributed by atoms with van der Waals surface area (Å²) in [5.41, 5.74) is 0. The van der Waals surface area contributed by atoms with Crippen molar-refractivity contribution in [3.05, 3.63) is 0 Å². The van der Waals surface area contributed by atoms with E-state index in [1.165, 1.54) is 12.7 Å². The molecule has 1 heterocycles. The Hall–Kier alpha value is 0.260. The minimum absolute atomic E-state index is 0.317. The van der Waals surface area contributed by atoms with Crippen LogP contribution in [0, 0.1) is 5.92 Å². The van der Waals surface area contributed by atoms with Gasteiger partial charge in [-0.15, -0.1) is 0 Å². The van der Waals surface area contributed by atoms with Crippen LogP contribution >= 0.6 is 11.8 Å². The molecule has 0 aromatic heterocycles. The predicted molar refractivity (Wildman–Crippen MR) is 58.0 cm³/mol. The Bertz CT molecular complexity index is 233. The van der Waals surface area contributed by atoms with E-state index in [0.717, 1.165) is 30.5 Å². The second-order valence-corrected chi connectivity index (χ2v) is 6.97. The molecule has 0 radical (unpaired) electrons. The van der Waals surface area contributed by atoms with Gasteiger partial charge in [0.05, 0.1) is 5.75 Å². The first-order valence-corrected chi connectivity index (χ1v) is 7.75. The second-order valence-electron chi connectivity index (χ2n) is 3.56. The number of rotatable bonds is 5. The van der Waals surface area contributed by atoms with Gasteiger partial charge in [-0.05, 0) is 31.2 Å². The largest absolute Gasteiger partial charge is 0.316 e. The Kier molecular flexibility index (Phi) is 4.55. The smallest absolute Gasteiger partial charge is 0.148 e. The second kappa shape index (κ2) is 5.22. The lowest BCUT2D eigenvalue weighted by Crippen LogP contribution is -2.12. The van der Waals surface area contributed by atoms with E-state index in [-0.39, 0.29) is 0 Å². The topological polar surface area (TPSA) is 46.2 Å². The summed E-state index contributed by atoms with van der Waals surface area (Å²) in [6.07, 6.45) is 2.54. The van der Waals surface area contributed by atoms with E-state index in [4.69, 9.17) is 0 Å². The lowest BCUT2D eigenvalue weighted by atomic mass is 10.2. The van der Waals surface area contributed by atoms with Crippen molar-refractivity contribution in [1.82, 2.24) is 5.32 Å². The van der Waals surface area contributed by atoms with Gasteiger partial charge in [-0.3, -0.25) is 0 Å². The van der Waals surface area contributed by atoms with Gasteiger partial charge in [-0.1, -0.05) is 0 Å². The predicted octanol–water partition coefficient (Wildman–Crippen LogP) is 0.374. The average Bonchev–Trinajstić information content (AvgIpc) is 2.48. The summed E-state index contributed by atoms with van der Waals surface area (Å²) >= 11 is 1.76. The lowest BCUT2D eigenvalue weighted by Gasteiger charge is -2.06. The number of thioether (sulfide) groups is 1. The molecule has 0 aromatic rings. The molecule has 1 atom stereocenters. The molecule has 0 bridgehead atoms. The molecule has 13 heavy (non-hydrogen) atoms. The number of hydrogen-bond acceptors (Lipinski definition) is 4. The molecule has 0 saturated carbocycles. The molecule has 0 spiro atoms. The minimum atomic E-state index is -2.76. The van der Waals surface area contributed by atoms with Crippen molar-refractivity contribution < 1.29 is 8.42 Å². The summed E-state index contributed by atoms with van der Waals surface area (Å²) < 4.78 is 21.6. The van der Waals surface area contributed by atoms with E-state index < -0.39 is 9.84 Å². The average molecular weight is 223 g/mol. The summed E-state index contributed by atoms with van der Waals surface area (Å²) in [4.78, 5) is 0. The van der Waals surface area contributed by atoms with Gasteiger partial charge >= 0.3 is 0 Å². The fourth-order valence-corrected chi connectivity index (χ4v) is 3.78. The highest BCUT2D eigenvalue weighted by Crippen LogP contribution is 2.14. The Morgan fingerprint density at radius 2 is 2.31 bits per heavy atom. The monoisotopic (exact) mass is 223 g/mol. The molecular formula is C8H17NO2S2. The lowest BCUT2D eigenvalue weighted by molar-refractivity contribution is 0.603. The molecular weight excluding hydrogens is 206 g/mol. The standard InChI is InChI=1S/C8H17NO2S2/c1-13(10,11)5-4-12-7-8-2-3-9-6-8/h8-9H,2-7H2,1H3. The molecule has 1 rings (SSSR count). The summed E-state index contributed by atoms with van der Waals surface area (Å²) in [6.45, 7) is 2.23. The maximum Gasteiger partial charge on any atom is 0.148 e. The highest BCUT2D eigenvalue weighted by molar-refractivity contribution is 8.00. The Morgan fingerprint density at radius 1 is 1.54 bits per heavy atom. The van der Waals surface area contributed by atoms with Gasteiger partial charge in [0.1, 0.15) is 9.84 Å². The van der Waals surface area contributed by atoms with Gasteiger partial charge in [0.25, 0.3) is 0 Å². The summed E-state index contributed by atoms with van der Waals surface area (Å²) in [5, 5.41) is 3.30. The fourth-order valence-electron chi connectivity index (χ4n) is 1.32. The van der Waals surface area contributed by atoms with E-state index >= 15 is 0 Å². The van der Waals surface area contributed by atoms with Crippen molar-refractivity contribution in [2.45, 2.75) is 6.42 Å². The van der Waals surface area contributed by atoms with Crippen LogP contribution in [0.15, 0.2) is 0 Å². The first-order chi connectivity index (χ1) is 6.08. The maximum atomic E-state index is 10.8. The number of nitrogens with one attached hydrogen (secondary N) is 1. The molecule has 0 amide bonds. The van der Waals surface area contributed by atoms with Crippen molar-refractivity contribution in [3.8, 4) is 0 Å². The molecule has 1 saturated heterocycles. The first kappa shape index (κ1) is 11.3. The SMILES string of the molecule is CS(=O)(=O)CCSCC1CCNC1. The summed E-state index contributed by atoms with van der Waals surface area (Å²) in [7, 11) is -2.76. The van der Waals surface area contributed by atoms with Crippen LogP contribution in [-0.2, 0) is 9.84 Å². The van der Waals surface area contributed by atoms with Gasteiger partial charge < -0.3 is 5.32 Å². The third-order valence-electron chi connectivity index (χ3n) is 2.11. The first-order valence-electron chi connectivity index (χ1n) is 4.54. The fraction of sp³-hybridized carbons (Fsp3) is 1.00. The Morgan fingerprint density at radius 3 is 2.85 bits per heavy atom. The summed E-state index contributed by atoms with van der Waals surface area (Å²) in [6, 6.07) is 0. The maximum absolute atomic E-state index is 10.8. The molecule has 78 valence electrons. The van der Waals surface area contributed by atoms with Crippen molar-refractivity contribution >= 4 is 21.6 Å². The van der Waals surface area contributed by atoms with E-state index in [0.29, 0.717) is 5.75 Å². The van der Waals surface area contributed by atoms with Gasteiger partial charge in [0, 0.05) is 12.0 Å². The van der Waals surface area contributed by atoms with Crippen LogP contribution in [-0.4, -0.2) is 45.0 Å². The number of hydrogen-bond donors (Lipinski definition) is 1. The zero-order valence-corrected chi connectivity index (χ0v) is 9.59. The third-order valence-corrected chi connectivity index (χ3v) is 4.52. The molecule has 0 aliphatic carbocycles. The van der Waals surface area contributed by atoms with Crippen molar-refractivity contribution in [2.75, 3.05) is 36.6 Å². The van der Waals surface area contributed by atoms with E-state index in [1.807, 2.05) is 0 Å². The Balaban J connectivity index is 2.01. The van der Waals surface area contributed by atoms with Crippen LogP contribution in [0.3, 0.4) is 0 Å². The van der Waals surface area contributed by atoms with Gasteiger partial charge in [0.2, 0.25) is 0 Å². The highest BCUT2D eigenvalue weighted by atomic mass is 32.2. The van der Waals surface area contributed by atoms with E-state index in [2.05, 4.69) is 5.32 Å². The molecule has 1 aliphatic rings. The van der Waals surface area contributed by atoms with Crippen LogP contribution in [0.25, 0.3) is 0 Å². The molecule has 0 aromatic carbocycles. The van der Waals surface area contributed by atoms with Gasteiger partial charge in [-0.2, -0.15) is 11.8 Å². The van der Waals surface area contributed by atoms with Crippen molar-refractivity contribution in [1.29, 1.82) is 0 Å². The van der Waals surface area contributed by atoms with E-state index in [9.17, 15) is 8.42 Å². The van der Waals surface area contributed by atoms with Crippen LogP contribution in [0.1, 0.15) is 6.42 Å². The van der Waals surface area contributed by atoms with Crippen LogP contribution in [0.2, 0.25) is 0 Å². The molecule has 1 unspecified atom stereocenters. The van der Waals surface area contributed by atoms with Gasteiger partial charge in [-0.25, -0.2) is 8.42 Å². The highest BCUT2D eigenvalue weighted by Gasteiger charge is 2.14.